The van der Waals surface area contributed by atoms with E-state index in [4.69, 9.17) is 8.85 Å². The van der Waals surface area contributed by atoms with Crippen molar-refractivity contribution in [3.63, 3.8) is 0 Å². The first kappa shape index (κ1) is 24.3. The van der Waals surface area contributed by atoms with E-state index in [1.54, 1.807) is 0 Å². The van der Waals surface area contributed by atoms with Crippen LogP contribution >= 0.6 is 0 Å². The number of hydrogen-bond acceptors (Lipinski definition) is 7. The third kappa shape index (κ3) is 9.99. The molecule has 0 aliphatic heterocycles. The van der Waals surface area contributed by atoms with Crippen molar-refractivity contribution < 1.29 is 18.4 Å². The molecule has 0 aliphatic rings. The molecule has 0 aliphatic carbocycles. The summed E-state index contributed by atoms with van der Waals surface area (Å²) in [5, 5.41) is 2.84. The van der Waals surface area contributed by atoms with Crippen LogP contribution in [0.3, 0.4) is 0 Å². The Morgan fingerprint density at radius 1 is 0.929 bits per heavy atom. The molecule has 0 saturated heterocycles. The normalized spacial score (nSPS) is 12.3. The first-order valence-electron chi connectivity index (χ1n) is 9.40. The summed E-state index contributed by atoms with van der Waals surface area (Å²) in [4.78, 5) is 36.3. The fourth-order valence-corrected chi connectivity index (χ4v) is 4.53. The first-order valence-corrected chi connectivity index (χ1v) is 19.7. The molecule has 1 heterocycles. The highest BCUT2D eigenvalue weighted by Crippen LogP contribution is 2.31. The predicted molar refractivity (Wildman–Crippen MR) is 120 cm³/mol. The third-order valence-corrected chi connectivity index (χ3v) is 5.58. The van der Waals surface area contributed by atoms with Gasteiger partial charge < -0.3 is 19.2 Å². The van der Waals surface area contributed by atoms with Crippen molar-refractivity contribution in [3.8, 4) is 5.88 Å². The smallest absolute Gasteiger partial charge is 0.292 e. The van der Waals surface area contributed by atoms with E-state index in [1.165, 1.54) is 6.33 Å². The van der Waals surface area contributed by atoms with Crippen LogP contribution in [0, 0.1) is 0 Å². The Balaban J connectivity index is 2.99. The number of nitrogens with one attached hydrogen (secondary N) is 2. The predicted octanol–water partition coefficient (Wildman–Crippen LogP) is 4.03. The van der Waals surface area contributed by atoms with Gasteiger partial charge in [0, 0.05) is 6.42 Å². The van der Waals surface area contributed by atoms with Gasteiger partial charge in [0.05, 0.1) is 6.42 Å². The van der Waals surface area contributed by atoms with Gasteiger partial charge in [-0.25, -0.2) is 9.97 Å². The first-order chi connectivity index (χ1) is 12.6. The Hall–Kier alpha value is -1.73. The van der Waals surface area contributed by atoms with E-state index in [0.29, 0.717) is 17.4 Å². The van der Waals surface area contributed by atoms with Gasteiger partial charge in [-0.05, 0) is 39.3 Å². The minimum Gasteiger partial charge on any atom is -0.530 e. The molecule has 8 nitrogen and oxygen atoms in total. The van der Waals surface area contributed by atoms with E-state index in [9.17, 15) is 9.59 Å². The molecule has 28 heavy (non-hydrogen) atoms. The van der Waals surface area contributed by atoms with Crippen LogP contribution in [-0.2, 0) is 14.0 Å². The molecule has 0 bridgehead atoms. The van der Waals surface area contributed by atoms with E-state index in [0.717, 1.165) is 0 Å². The molecule has 2 N–H and O–H groups in total. The zero-order valence-corrected chi connectivity index (χ0v) is 21.5. The number of carbonyl (C=O) groups excluding carboxylic acids is 2. The summed E-state index contributed by atoms with van der Waals surface area (Å²) in [6, 6.07) is 0. The molecule has 1 rings (SSSR count). The zero-order valence-electron chi connectivity index (χ0n) is 18.5. The van der Waals surface area contributed by atoms with E-state index >= 15 is 0 Å². The largest absolute Gasteiger partial charge is 0.530 e. The Kier molecular flexibility index (Phi) is 7.97. The summed E-state index contributed by atoms with van der Waals surface area (Å²) in [6.45, 7) is 18.3. The number of anilines is 2. The summed E-state index contributed by atoms with van der Waals surface area (Å²) in [6.07, 6.45) is 1.49. The molecule has 0 atom stereocenters. The second kappa shape index (κ2) is 9.18. The maximum Gasteiger partial charge on any atom is 0.292 e. The van der Waals surface area contributed by atoms with Gasteiger partial charge in [-0.3, -0.25) is 9.59 Å². The summed E-state index contributed by atoms with van der Waals surface area (Å²) in [5.74, 6) is 0.243. The maximum atomic E-state index is 12.5. The van der Waals surface area contributed by atoms with Gasteiger partial charge >= 0.3 is 0 Å². The minimum atomic E-state index is -1.96. The van der Waals surface area contributed by atoms with Crippen LogP contribution in [0.4, 0.5) is 11.5 Å². The fraction of sp³-hybridized carbons (Fsp3) is 0.647. The minimum absolute atomic E-state index is 0.0248. The summed E-state index contributed by atoms with van der Waals surface area (Å²) < 4.78 is 11.4. The molecule has 0 radical (unpaired) electrons. The van der Waals surface area contributed by atoms with Crippen LogP contribution in [0.25, 0.3) is 0 Å². The van der Waals surface area contributed by atoms with Gasteiger partial charge in [0.2, 0.25) is 28.4 Å². The summed E-state index contributed by atoms with van der Waals surface area (Å²) >= 11 is 0. The highest BCUT2D eigenvalue weighted by molar-refractivity contribution is 6.79. The molecule has 0 spiro atoms. The Bertz CT molecular complexity index is 676. The number of aromatic nitrogens is 2. The van der Waals surface area contributed by atoms with Crippen LogP contribution in [0.5, 0.6) is 5.88 Å². The second-order valence-corrected chi connectivity index (χ2v) is 23.2. The second-order valence-electron chi connectivity index (χ2n) is 9.63. The molecule has 0 unspecified atom stereocenters. The Labute approximate surface area is 171 Å². The number of carbonyl (C=O) groups is 2. The molecule has 0 aromatic carbocycles. The number of nitrogens with zero attached hydrogens (tertiary/aromatic N) is 2. The van der Waals surface area contributed by atoms with Crippen molar-refractivity contribution >= 4 is 48.3 Å². The summed E-state index contributed by atoms with van der Waals surface area (Å²) in [5.41, 5.74) is 0.427. The van der Waals surface area contributed by atoms with E-state index in [1.807, 2.05) is 39.3 Å². The van der Waals surface area contributed by atoms with Crippen LogP contribution in [0.2, 0.25) is 58.9 Å². The lowest BCUT2D eigenvalue weighted by atomic mass is 10.3. The van der Waals surface area contributed by atoms with Crippen molar-refractivity contribution in [3.05, 3.63) is 6.33 Å². The highest BCUT2D eigenvalue weighted by atomic mass is 28.4. The van der Waals surface area contributed by atoms with Crippen LogP contribution in [0.15, 0.2) is 6.33 Å². The van der Waals surface area contributed by atoms with E-state index in [2.05, 4.69) is 39.9 Å². The van der Waals surface area contributed by atoms with Gasteiger partial charge in [-0.2, -0.15) is 0 Å². The fourth-order valence-electron chi connectivity index (χ4n) is 2.11. The lowest BCUT2D eigenvalue weighted by Gasteiger charge is -2.25. The standard InChI is InChI=1S/C17H34N4O4Si3/c1-26(2,3)21-16-15(17(19-12-18-16)25-28(7,8)9)20-13(22)10-11-14(23)24-27(4,5)6/h12H,10-11H2,1-9H3,(H,20,22)(H,18,19,21). The van der Waals surface area contributed by atoms with Gasteiger partial charge in [0.25, 0.3) is 5.97 Å². The molecule has 0 fully saturated rings. The van der Waals surface area contributed by atoms with E-state index < -0.39 is 24.9 Å². The zero-order chi connectivity index (χ0) is 21.8. The lowest BCUT2D eigenvalue weighted by Crippen LogP contribution is -2.34. The molecule has 0 saturated carbocycles. The number of rotatable bonds is 9. The SMILES string of the molecule is C[Si](C)(C)Nc1ncnc(O[Si](C)(C)C)c1NC(=O)CCC(=O)O[Si](C)(C)C. The quantitative estimate of drug-likeness (QED) is 0.556. The lowest BCUT2D eigenvalue weighted by molar-refractivity contribution is -0.136. The van der Waals surface area contributed by atoms with Crippen molar-refractivity contribution in [1.29, 1.82) is 0 Å². The topological polar surface area (TPSA) is 102 Å². The molecule has 11 heteroatoms. The Morgan fingerprint density at radius 2 is 1.54 bits per heavy atom. The highest BCUT2D eigenvalue weighted by Gasteiger charge is 2.25. The maximum absolute atomic E-state index is 12.5. The molecule has 1 aromatic heterocycles. The number of amides is 1. The van der Waals surface area contributed by atoms with Crippen molar-refractivity contribution in [2.75, 3.05) is 10.3 Å². The van der Waals surface area contributed by atoms with Gasteiger partial charge in [0.15, 0.2) is 0 Å². The van der Waals surface area contributed by atoms with Crippen LogP contribution in [0.1, 0.15) is 12.8 Å². The monoisotopic (exact) mass is 442 g/mol. The molecule has 1 aromatic rings. The van der Waals surface area contributed by atoms with E-state index in [-0.39, 0.29) is 24.7 Å². The average Bonchev–Trinajstić information content (AvgIpc) is 2.43. The summed E-state index contributed by atoms with van der Waals surface area (Å²) in [7, 11) is -5.64. The molecular weight excluding hydrogens is 408 g/mol. The van der Waals surface area contributed by atoms with Gasteiger partial charge in [0.1, 0.15) is 26.1 Å². The molecule has 158 valence electrons. The van der Waals surface area contributed by atoms with Crippen molar-refractivity contribution in [1.82, 2.24) is 9.97 Å². The third-order valence-electron chi connectivity index (χ3n) is 2.95. The molecular formula is C17H34N4O4Si3. The van der Waals surface area contributed by atoms with Crippen molar-refractivity contribution in [2.45, 2.75) is 71.8 Å². The van der Waals surface area contributed by atoms with Gasteiger partial charge in [-0.1, -0.05) is 19.6 Å². The van der Waals surface area contributed by atoms with Crippen LogP contribution < -0.4 is 14.7 Å². The van der Waals surface area contributed by atoms with Crippen LogP contribution in [-0.4, -0.2) is 46.7 Å². The molecule has 1 amide bonds. The Morgan fingerprint density at radius 3 is 2.04 bits per heavy atom. The average molecular weight is 443 g/mol. The number of hydrogen-bond donors (Lipinski definition) is 2. The van der Waals surface area contributed by atoms with Gasteiger partial charge in [-0.15, -0.1) is 0 Å². The van der Waals surface area contributed by atoms with Crippen molar-refractivity contribution in [2.24, 2.45) is 0 Å².